The lowest BCUT2D eigenvalue weighted by molar-refractivity contribution is -0.121. The van der Waals surface area contributed by atoms with E-state index in [9.17, 15) is 4.79 Å². The van der Waals surface area contributed by atoms with E-state index in [1.807, 2.05) is 17.7 Å². The number of amides is 1. The van der Waals surface area contributed by atoms with Gasteiger partial charge in [0, 0.05) is 38.6 Å². The van der Waals surface area contributed by atoms with E-state index in [1.54, 1.807) is 11.9 Å². The Labute approximate surface area is 94.7 Å². The van der Waals surface area contributed by atoms with Crippen LogP contribution in [0, 0.1) is 5.92 Å². The second-order valence-corrected chi connectivity index (χ2v) is 4.28. The van der Waals surface area contributed by atoms with Gasteiger partial charge in [-0.15, -0.1) is 0 Å². The van der Waals surface area contributed by atoms with E-state index in [0.29, 0.717) is 6.42 Å². The highest BCUT2D eigenvalue weighted by molar-refractivity contribution is 5.93. The van der Waals surface area contributed by atoms with Gasteiger partial charge >= 0.3 is 0 Å². The van der Waals surface area contributed by atoms with E-state index >= 15 is 0 Å². The van der Waals surface area contributed by atoms with Crippen LogP contribution in [-0.2, 0) is 17.8 Å². The summed E-state index contributed by atoms with van der Waals surface area (Å²) in [5.41, 5.74) is 0.840. The number of aliphatic hydroxyl groups excluding tert-OH is 1. The average Bonchev–Trinajstić information content (AvgIpc) is 2.63. The molecule has 1 N–H and O–H groups in total. The van der Waals surface area contributed by atoms with E-state index in [4.69, 9.17) is 5.11 Å². The lowest BCUT2D eigenvalue weighted by atomic mass is 10.1. The molecule has 0 saturated carbocycles. The molecule has 1 amide bonds. The molecule has 2 rings (SSSR count). The van der Waals surface area contributed by atoms with Gasteiger partial charge in [0.05, 0.1) is 5.69 Å². The van der Waals surface area contributed by atoms with Crippen molar-refractivity contribution in [2.45, 2.75) is 26.3 Å². The number of aryl methyl sites for hydroxylation is 1. The molecule has 1 aromatic rings. The van der Waals surface area contributed by atoms with Gasteiger partial charge in [0.25, 0.3) is 0 Å². The number of hydrogen-bond acceptors (Lipinski definition) is 3. The molecule has 0 saturated heterocycles. The maximum absolute atomic E-state index is 11.9. The molecule has 0 aromatic carbocycles. The molecule has 0 radical (unpaired) electrons. The normalized spacial score (nSPS) is 20.8. The Hall–Kier alpha value is -1.36. The van der Waals surface area contributed by atoms with Crippen LogP contribution in [0.3, 0.4) is 0 Å². The molecule has 0 fully saturated rings. The molecular weight excluding hydrogens is 206 g/mol. The molecule has 0 bridgehead atoms. The number of nitrogens with zero attached hydrogens (tertiary/aromatic N) is 3. The average molecular weight is 223 g/mol. The van der Waals surface area contributed by atoms with E-state index in [1.165, 1.54) is 0 Å². The summed E-state index contributed by atoms with van der Waals surface area (Å²) in [6, 6.07) is 1.88. The molecule has 1 aliphatic rings. The van der Waals surface area contributed by atoms with Crippen molar-refractivity contribution in [1.82, 2.24) is 9.78 Å². The zero-order valence-electron chi connectivity index (χ0n) is 9.68. The third-order valence-corrected chi connectivity index (χ3v) is 3.05. The minimum Gasteiger partial charge on any atom is -0.396 e. The summed E-state index contributed by atoms with van der Waals surface area (Å²) < 4.78 is 1.85. The largest absolute Gasteiger partial charge is 0.396 e. The van der Waals surface area contributed by atoms with Crippen molar-refractivity contribution in [2.24, 2.45) is 5.92 Å². The third kappa shape index (κ3) is 1.82. The van der Waals surface area contributed by atoms with Gasteiger partial charge in [-0.3, -0.25) is 9.69 Å². The lowest BCUT2D eigenvalue weighted by Gasteiger charge is -2.16. The topological polar surface area (TPSA) is 58.4 Å². The fourth-order valence-corrected chi connectivity index (χ4v) is 2.01. The zero-order chi connectivity index (χ0) is 11.7. The number of rotatable bonds is 2. The lowest BCUT2D eigenvalue weighted by Crippen LogP contribution is -2.30. The van der Waals surface area contributed by atoms with Crippen LogP contribution in [0.2, 0.25) is 0 Å². The van der Waals surface area contributed by atoms with Crippen LogP contribution < -0.4 is 4.90 Å². The van der Waals surface area contributed by atoms with Crippen molar-refractivity contribution in [3.05, 3.63) is 11.8 Å². The smallest absolute Gasteiger partial charge is 0.230 e. The summed E-state index contributed by atoms with van der Waals surface area (Å²) in [7, 11) is 1.78. The first-order chi connectivity index (χ1) is 7.63. The fourth-order valence-electron chi connectivity index (χ4n) is 2.01. The summed E-state index contributed by atoms with van der Waals surface area (Å²) in [6.07, 6.45) is 1.36. The predicted molar refractivity (Wildman–Crippen MR) is 60.2 cm³/mol. The van der Waals surface area contributed by atoms with Crippen LogP contribution in [0.4, 0.5) is 5.82 Å². The van der Waals surface area contributed by atoms with Crippen LogP contribution in [0.5, 0.6) is 0 Å². The second kappa shape index (κ2) is 4.25. The fraction of sp³-hybridized carbons (Fsp3) is 0.636. The molecular formula is C11H17N3O2. The number of carbonyl (C=O) groups is 1. The predicted octanol–water partition coefficient (Wildman–Crippen LogP) is 0.420. The van der Waals surface area contributed by atoms with Crippen molar-refractivity contribution in [2.75, 3.05) is 18.6 Å². The van der Waals surface area contributed by atoms with Crippen molar-refractivity contribution in [3.63, 3.8) is 0 Å². The van der Waals surface area contributed by atoms with Gasteiger partial charge in [-0.25, -0.2) is 4.68 Å². The van der Waals surface area contributed by atoms with Crippen molar-refractivity contribution >= 4 is 11.7 Å². The quantitative estimate of drug-likeness (QED) is 0.790. The SMILES string of the molecule is C[C@@H]1CCn2nc(CCO)cc2N(C)C1=O. The maximum atomic E-state index is 11.9. The Morgan fingerprint density at radius 2 is 2.38 bits per heavy atom. The number of hydrogen-bond donors (Lipinski definition) is 1. The summed E-state index contributed by atoms with van der Waals surface area (Å²) >= 11 is 0. The van der Waals surface area contributed by atoms with E-state index in [-0.39, 0.29) is 18.4 Å². The first-order valence-electron chi connectivity index (χ1n) is 5.58. The van der Waals surface area contributed by atoms with Crippen LogP contribution in [0.25, 0.3) is 0 Å². The van der Waals surface area contributed by atoms with E-state index in [2.05, 4.69) is 5.10 Å². The number of aliphatic hydroxyl groups is 1. The molecule has 88 valence electrons. The van der Waals surface area contributed by atoms with Gasteiger partial charge in [0.15, 0.2) is 0 Å². The number of anilines is 1. The second-order valence-electron chi connectivity index (χ2n) is 4.28. The standard InChI is InChI=1S/C11H17N3O2/c1-8-3-5-14-10(13(2)11(8)16)7-9(12-14)4-6-15/h7-8,15H,3-6H2,1-2H3/t8-/m1/s1. The minimum atomic E-state index is 0.0491. The molecule has 0 unspecified atom stereocenters. The van der Waals surface area contributed by atoms with E-state index < -0.39 is 0 Å². The van der Waals surface area contributed by atoms with Gasteiger partial charge < -0.3 is 5.11 Å². The molecule has 5 nitrogen and oxygen atoms in total. The molecule has 1 aliphatic heterocycles. The minimum absolute atomic E-state index is 0.0491. The van der Waals surface area contributed by atoms with Gasteiger partial charge in [-0.1, -0.05) is 6.92 Å². The highest BCUT2D eigenvalue weighted by Gasteiger charge is 2.25. The molecule has 5 heteroatoms. The first-order valence-corrected chi connectivity index (χ1v) is 5.58. The van der Waals surface area contributed by atoms with Crippen LogP contribution >= 0.6 is 0 Å². The van der Waals surface area contributed by atoms with Gasteiger partial charge in [-0.05, 0) is 6.42 Å². The highest BCUT2D eigenvalue weighted by Crippen LogP contribution is 2.23. The first kappa shape index (κ1) is 11.1. The summed E-state index contributed by atoms with van der Waals surface area (Å²) in [6.45, 7) is 2.79. The maximum Gasteiger partial charge on any atom is 0.230 e. The summed E-state index contributed by atoms with van der Waals surface area (Å²) in [4.78, 5) is 13.6. The van der Waals surface area contributed by atoms with Crippen LogP contribution in [-0.4, -0.2) is 34.4 Å². The molecule has 1 aromatic heterocycles. The molecule has 0 aliphatic carbocycles. The van der Waals surface area contributed by atoms with Gasteiger partial charge in [0.2, 0.25) is 5.91 Å². The van der Waals surface area contributed by atoms with Crippen molar-refractivity contribution < 1.29 is 9.90 Å². The van der Waals surface area contributed by atoms with Gasteiger partial charge in [0.1, 0.15) is 5.82 Å². The molecule has 2 heterocycles. The number of carbonyl (C=O) groups excluding carboxylic acids is 1. The molecule has 1 atom stereocenters. The number of fused-ring (bicyclic) bond motifs is 1. The van der Waals surface area contributed by atoms with Gasteiger partial charge in [-0.2, -0.15) is 5.10 Å². The Balaban J connectivity index is 2.32. The van der Waals surface area contributed by atoms with Crippen LogP contribution in [0.15, 0.2) is 6.07 Å². The van der Waals surface area contributed by atoms with Crippen LogP contribution in [0.1, 0.15) is 19.0 Å². The Morgan fingerprint density at radius 3 is 3.06 bits per heavy atom. The van der Waals surface area contributed by atoms with Crippen molar-refractivity contribution in [1.29, 1.82) is 0 Å². The Kier molecular flexibility index (Phi) is 2.96. The monoisotopic (exact) mass is 223 g/mol. The van der Waals surface area contributed by atoms with E-state index in [0.717, 1.165) is 24.5 Å². The summed E-state index contributed by atoms with van der Waals surface area (Å²) in [5.74, 6) is 1.01. The zero-order valence-corrected chi connectivity index (χ0v) is 9.68. The highest BCUT2D eigenvalue weighted by atomic mass is 16.3. The summed E-state index contributed by atoms with van der Waals surface area (Å²) in [5, 5.41) is 13.2. The van der Waals surface area contributed by atoms with Crippen molar-refractivity contribution in [3.8, 4) is 0 Å². The third-order valence-electron chi connectivity index (χ3n) is 3.05. The molecule has 16 heavy (non-hydrogen) atoms. The Morgan fingerprint density at radius 1 is 1.62 bits per heavy atom. The number of aromatic nitrogens is 2. The molecule has 0 spiro atoms. The Bertz CT molecular complexity index is 400.